The molecule has 1 aromatic rings. The number of benzene rings is 1. The number of nitrogens with zero attached hydrogens (tertiary/aromatic N) is 2. The second kappa shape index (κ2) is 9.69. The molecule has 4 atom stereocenters. The summed E-state index contributed by atoms with van der Waals surface area (Å²) in [5.74, 6) is 1.33. The molecule has 2 amide bonds. The highest BCUT2D eigenvalue weighted by molar-refractivity contribution is 5.99. The third-order valence-corrected chi connectivity index (χ3v) is 7.68. The number of carbonyl (C=O) groups is 2. The number of nitrogens with two attached hydrogens (primary N) is 1. The van der Waals surface area contributed by atoms with Crippen LogP contribution < -0.4 is 15.8 Å². The maximum Gasteiger partial charge on any atom is 0.231 e. The van der Waals surface area contributed by atoms with Gasteiger partial charge in [0.2, 0.25) is 11.8 Å². The van der Waals surface area contributed by atoms with Gasteiger partial charge in [-0.15, -0.1) is 12.8 Å². The fourth-order valence-electron chi connectivity index (χ4n) is 5.37. The van der Waals surface area contributed by atoms with Crippen molar-refractivity contribution in [3.8, 4) is 18.6 Å². The van der Waals surface area contributed by atoms with Crippen LogP contribution in [0.3, 0.4) is 0 Å². The lowest BCUT2D eigenvalue weighted by Crippen LogP contribution is -2.52. The minimum atomic E-state index is -0.382. The number of terminal acetylenes is 1. The summed E-state index contributed by atoms with van der Waals surface area (Å²) in [5.41, 5.74) is 6.50. The van der Waals surface area contributed by atoms with Crippen molar-refractivity contribution < 1.29 is 14.3 Å². The number of ether oxygens (including phenoxy) is 1. The Labute approximate surface area is 203 Å². The summed E-state index contributed by atoms with van der Waals surface area (Å²) in [5, 5.41) is 3.26. The van der Waals surface area contributed by atoms with Crippen molar-refractivity contribution in [3.63, 3.8) is 0 Å². The lowest BCUT2D eigenvalue weighted by Gasteiger charge is -2.38. The lowest BCUT2D eigenvalue weighted by atomic mass is 9.88. The highest BCUT2D eigenvalue weighted by Gasteiger charge is 2.54. The Kier molecular flexibility index (Phi) is 7.30. The van der Waals surface area contributed by atoms with Crippen LogP contribution in [0.5, 0.6) is 5.75 Å². The van der Waals surface area contributed by atoms with Crippen LogP contribution in [0.25, 0.3) is 0 Å². The number of nitrogens with one attached hydrogen (secondary N) is 1. The van der Waals surface area contributed by atoms with Crippen molar-refractivity contribution in [1.82, 2.24) is 10.2 Å². The fraction of sp³-hybridized carbons (Fsp3) is 0.593. The summed E-state index contributed by atoms with van der Waals surface area (Å²) in [4.78, 5) is 32.3. The number of guanidine groups is 1. The zero-order valence-corrected chi connectivity index (χ0v) is 21.0. The van der Waals surface area contributed by atoms with Gasteiger partial charge in [0.25, 0.3) is 0 Å². The van der Waals surface area contributed by atoms with Crippen LogP contribution in [-0.4, -0.2) is 40.4 Å². The molecule has 0 radical (unpaired) electrons. The van der Waals surface area contributed by atoms with Crippen LogP contribution in [0, 0.1) is 30.6 Å². The zero-order chi connectivity index (χ0) is 25.3. The maximum absolute atomic E-state index is 13.2. The molecule has 1 aliphatic carbocycles. The molecule has 0 spiro atoms. The van der Waals surface area contributed by atoms with Crippen LogP contribution in [0.4, 0.5) is 0 Å². The third kappa shape index (κ3) is 4.91. The molecule has 2 unspecified atom stereocenters. The molecule has 7 nitrogen and oxygen atoms in total. The van der Waals surface area contributed by atoms with Gasteiger partial charge in [-0.1, -0.05) is 39.0 Å². The van der Waals surface area contributed by atoms with E-state index in [1.165, 1.54) is 0 Å². The molecule has 3 N–H and O–H groups in total. The van der Waals surface area contributed by atoms with Gasteiger partial charge in [-0.3, -0.25) is 14.5 Å². The average Bonchev–Trinajstić information content (AvgIpc) is 3.45. The predicted molar refractivity (Wildman–Crippen MR) is 134 cm³/mol. The largest absolute Gasteiger partial charge is 0.487 e. The number of rotatable bonds is 6. The molecule has 0 bridgehead atoms. The lowest BCUT2D eigenvalue weighted by molar-refractivity contribution is -0.130. The van der Waals surface area contributed by atoms with Crippen LogP contribution in [0.15, 0.2) is 29.3 Å². The Balaban J connectivity index is 0.00000158. The minimum absolute atomic E-state index is 0.0135. The van der Waals surface area contributed by atoms with E-state index in [9.17, 15) is 9.59 Å². The Bertz CT molecular complexity index is 979. The van der Waals surface area contributed by atoms with E-state index in [4.69, 9.17) is 10.5 Å². The number of amides is 2. The van der Waals surface area contributed by atoms with E-state index in [1.54, 1.807) is 4.90 Å². The summed E-state index contributed by atoms with van der Waals surface area (Å²) in [7, 11) is 0. The molecule has 1 saturated carbocycles. The monoisotopic (exact) mass is 466 g/mol. The van der Waals surface area contributed by atoms with Crippen molar-refractivity contribution in [2.24, 2.45) is 28.5 Å². The van der Waals surface area contributed by atoms with Gasteiger partial charge in [0, 0.05) is 24.4 Å². The van der Waals surface area contributed by atoms with Crippen molar-refractivity contribution >= 4 is 17.8 Å². The Morgan fingerprint density at radius 2 is 1.91 bits per heavy atom. The molecule has 0 aromatic heterocycles. The number of fused-ring (bicyclic) bond motifs is 1. The first-order chi connectivity index (χ1) is 16.1. The van der Waals surface area contributed by atoms with E-state index in [2.05, 4.69) is 30.1 Å². The molecular weight excluding hydrogens is 428 g/mol. The van der Waals surface area contributed by atoms with Crippen LogP contribution in [0.2, 0.25) is 0 Å². The molecule has 1 aromatic carbocycles. The van der Waals surface area contributed by atoms with Crippen LogP contribution in [-0.2, 0) is 9.59 Å². The number of para-hydroxylation sites is 1. The second-order valence-corrected chi connectivity index (χ2v) is 10.3. The smallest absolute Gasteiger partial charge is 0.231 e. The summed E-state index contributed by atoms with van der Waals surface area (Å²) in [6, 6.07) is 7.80. The Morgan fingerprint density at radius 1 is 1.26 bits per heavy atom. The SMILES string of the molecule is C#C.CCC1(CC)CC(=O)N(C[C@H]2C(C)C2C(=O)N[C@H]2CC(C)(C)Oc3ccccc32)C(N)=N1. The first-order valence-electron chi connectivity index (χ1n) is 12.2. The molecule has 34 heavy (non-hydrogen) atoms. The number of hydrogen-bond donors (Lipinski definition) is 2. The Morgan fingerprint density at radius 3 is 2.53 bits per heavy atom. The van der Waals surface area contributed by atoms with E-state index in [0.717, 1.165) is 24.2 Å². The van der Waals surface area contributed by atoms with Gasteiger partial charge in [0.15, 0.2) is 5.96 Å². The molecule has 4 rings (SSSR count). The van der Waals surface area contributed by atoms with E-state index in [0.29, 0.717) is 25.3 Å². The highest BCUT2D eigenvalue weighted by atomic mass is 16.5. The van der Waals surface area contributed by atoms with Gasteiger partial charge in [0.05, 0.1) is 18.0 Å². The zero-order valence-electron chi connectivity index (χ0n) is 21.0. The van der Waals surface area contributed by atoms with E-state index < -0.39 is 0 Å². The molecule has 0 saturated heterocycles. The molecule has 184 valence electrons. The van der Waals surface area contributed by atoms with E-state index in [1.807, 2.05) is 52.0 Å². The molecular formula is C27H38N4O3. The van der Waals surface area contributed by atoms with Gasteiger partial charge >= 0.3 is 0 Å². The average molecular weight is 467 g/mol. The summed E-state index contributed by atoms with van der Waals surface area (Å²) in [6.07, 6.45) is 10.7. The normalized spacial score (nSPS) is 28.4. The van der Waals surface area contributed by atoms with Gasteiger partial charge in [-0.25, -0.2) is 4.99 Å². The van der Waals surface area contributed by atoms with Crippen molar-refractivity contribution in [2.45, 2.75) is 77.5 Å². The number of carbonyl (C=O) groups excluding carboxylic acids is 2. The van der Waals surface area contributed by atoms with Crippen LogP contribution in [0.1, 0.15) is 71.9 Å². The van der Waals surface area contributed by atoms with Crippen LogP contribution >= 0.6 is 0 Å². The quantitative estimate of drug-likeness (QED) is 0.626. The standard InChI is InChI=1S/C25H36N4O3.C2H2/c1-6-25(7-2)13-20(30)29(23(26)28-25)14-17-15(3)21(17)22(31)27-18-12-24(4,5)32-19-11-9-8-10-16(18)19;1-2/h8-11,15,17-18,21H,6-7,12-14H2,1-5H3,(H2,26,28)(H,27,31);1-2H/t15?,17-,18-,21?;/m0./s1. The van der Waals surface area contributed by atoms with Crippen molar-refractivity contribution in [2.75, 3.05) is 6.54 Å². The topological polar surface area (TPSA) is 97.0 Å². The predicted octanol–water partition coefficient (Wildman–Crippen LogP) is 3.64. The number of aliphatic imine (C=N–C) groups is 1. The molecule has 7 heteroatoms. The maximum atomic E-state index is 13.2. The van der Waals surface area contributed by atoms with Gasteiger partial charge in [0.1, 0.15) is 11.4 Å². The van der Waals surface area contributed by atoms with Gasteiger partial charge in [-0.05, 0) is 44.6 Å². The summed E-state index contributed by atoms with van der Waals surface area (Å²) in [6.45, 7) is 10.7. The van der Waals surface area contributed by atoms with E-state index in [-0.39, 0.29) is 46.7 Å². The number of hydrogen-bond acceptors (Lipinski definition) is 5. The van der Waals surface area contributed by atoms with E-state index >= 15 is 0 Å². The highest BCUT2D eigenvalue weighted by Crippen LogP contribution is 2.48. The second-order valence-electron chi connectivity index (χ2n) is 10.3. The molecule has 2 aliphatic heterocycles. The first kappa shape index (κ1) is 25.6. The van der Waals surface area contributed by atoms with Gasteiger partial charge < -0.3 is 15.8 Å². The first-order valence-corrected chi connectivity index (χ1v) is 12.2. The summed E-state index contributed by atoms with van der Waals surface area (Å²) < 4.78 is 6.09. The van der Waals surface area contributed by atoms with Gasteiger partial charge in [-0.2, -0.15) is 0 Å². The molecule has 3 aliphatic rings. The van der Waals surface area contributed by atoms with Crippen molar-refractivity contribution in [1.29, 1.82) is 0 Å². The fourth-order valence-corrected chi connectivity index (χ4v) is 5.37. The molecule has 1 fully saturated rings. The van der Waals surface area contributed by atoms with Crippen molar-refractivity contribution in [3.05, 3.63) is 29.8 Å². The summed E-state index contributed by atoms with van der Waals surface area (Å²) >= 11 is 0. The minimum Gasteiger partial charge on any atom is -0.487 e. The Hall–Kier alpha value is -3.01. The molecule has 2 heterocycles. The third-order valence-electron chi connectivity index (χ3n) is 7.68.